The number of nitrogens with zero attached hydrogens (tertiary/aromatic N) is 1. The van der Waals surface area contributed by atoms with Crippen LogP contribution in [0.25, 0.3) is 0 Å². The van der Waals surface area contributed by atoms with Crippen molar-refractivity contribution in [2.75, 3.05) is 26.7 Å². The van der Waals surface area contributed by atoms with Crippen LogP contribution in [0.2, 0.25) is 0 Å². The summed E-state index contributed by atoms with van der Waals surface area (Å²) in [4.78, 5) is 26.3. The Hall–Kier alpha value is -0.560. The van der Waals surface area contributed by atoms with E-state index in [9.17, 15) is 9.59 Å². The topological polar surface area (TPSA) is 87.5 Å². The van der Waals surface area contributed by atoms with Gasteiger partial charge in [0.25, 0.3) is 0 Å². The van der Waals surface area contributed by atoms with Crippen LogP contribution in [-0.4, -0.2) is 55.5 Å². The van der Waals surface area contributed by atoms with Crippen molar-refractivity contribution in [2.45, 2.75) is 57.0 Å². The smallest absolute Gasteiger partial charge is 0.233 e. The van der Waals surface area contributed by atoms with Crippen molar-refractivity contribution in [1.82, 2.24) is 15.5 Å². The van der Waals surface area contributed by atoms with Crippen LogP contribution >= 0.6 is 24.8 Å². The van der Waals surface area contributed by atoms with Crippen LogP contribution < -0.4 is 16.4 Å². The second kappa shape index (κ2) is 10.7. The van der Waals surface area contributed by atoms with Gasteiger partial charge in [0.05, 0.1) is 6.54 Å². The SMILES string of the molecule is CNC(=O)CN1CCC(NC(=O)C2CC3CCCC(C2)C3N)CC1.Cl.Cl. The van der Waals surface area contributed by atoms with Gasteiger partial charge in [-0.1, -0.05) is 6.42 Å². The zero-order valence-electron chi connectivity index (χ0n) is 15.6. The van der Waals surface area contributed by atoms with Crippen LogP contribution in [0.3, 0.4) is 0 Å². The number of hydrogen-bond donors (Lipinski definition) is 3. The molecule has 1 heterocycles. The molecule has 1 saturated heterocycles. The molecular formula is C18H34Cl2N4O2. The third-order valence-corrected chi connectivity index (χ3v) is 6.36. The lowest BCUT2D eigenvalue weighted by atomic mass is 9.65. The average molecular weight is 409 g/mol. The molecule has 26 heavy (non-hydrogen) atoms. The average Bonchev–Trinajstić information content (AvgIpc) is 2.56. The van der Waals surface area contributed by atoms with E-state index < -0.39 is 0 Å². The molecule has 2 atom stereocenters. The van der Waals surface area contributed by atoms with Gasteiger partial charge in [0, 0.05) is 38.1 Å². The van der Waals surface area contributed by atoms with E-state index in [0.29, 0.717) is 24.4 Å². The van der Waals surface area contributed by atoms with Gasteiger partial charge in [0.1, 0.15) is 0 Å². The molecule has 0 spiro atoms. The van der Waals surface area contributed by atoms with Crippen molar-refractivity contribution < 1.29 is 9.59 Å². The van der Waals surface area contributed by atoms with Crippen LogP contribution in [0.15, 0.2) is 0 Å². The number of likely N-dealkylation sites (tertiary alicyclic amines) is 1. The number of nitrogens with two attached hydrogens (primary N) is 1. The molecule has 0 aromatic carbocycles. The summed E-state index contributed by atoms with van der Waals surface area (Å²) in [6, 6.07) is 0.574. The maximum absolute atomic E-state index is 12.7. The standard InChI is InChI=1S/C18H32N4O2.2ClH/c1-20-16(23)11-22-7-5-15(6-8-22)21-18(24)14-9-12-3-2-4-13(10-14)17(12)19;;/h12-15,17H,2-11,19H2,1H3,(H,20,23)(H,21,24);2*1H. The minimum Gasteiger partial charge on any atom is -0.358 e. The first kappa shape index (κ1) is 23.5. The Kier molecular flexibility index (Phi) is 9.65. The molecular weight excluding hydrogens is 375 g/mol. The Balaban J connectivity index is 0.00000169. The molecule has 1 aliphatic heterocycles. The summed E-state index contributed by atoms with van der Waals surface area (Å²) in [5, 5.41) is 5.93. The van der Waals surface area contributed by atoms with Gasteiger partial charge in [0.2, 0.25) is 11.8 Å². The monoisotopic (exact) mass is 408 g/mol. The molecule has 2 bridgehead atoms. The number of fused-ring (bicyclic) bond motifs is 2. The highest BCUT2D eigenvalue weighted by Gasteiger charge is 2.40. The predicted octanol–water partition coefficient (Wildman–Crippen LogP) is 1.31. The number of likely N-dealkylation sites (N-methyl/N-ethyl adjacent to an activating group) is 1. The van der Waals surface area contributed by atoms with E-state index >= 15 is 0 Å². The first-order chi connectivity index (χ1) is 11.6. The molecule has 3 fully saturated rings. The van der Waals surface area contributed by atoms with Gasteiger partial charge in [0.15, 0.2) is 0 Å². The quantitative estimate of drug-likeness (QED) is 0.654. The number of nitrogens with one attached hydrogen (secondary N) is 2. The van der Waals surface area contributed by atoms with Crippen molar-refractivity contribution in [2.24, 2.45) is 23.5 Å². The minimum atomic E-state index is 0. The fraction of sp³-hybridized carbons (Fsp3) is 0.889. The minimum absolute atomic E-state index is 0. The first-order valence-electron chi connectivity index (χ1n) is 9.55. The van der Waals surface area contributed by atoms with Crippen molar-refractivity contribution in [3.63, 3.8) is 0 Å². The molecule has 0 aromatic heterocycles. The molecule has 3 rings (SSSR count). The fourth-order valence-corrected chi connectivity index (χ4v) is 4.84. The molecule has 152 valence electrons. The number of carbonyl (C=O) groups excluding carboxylic acids is 2. The summed E-state index contributed by atoms with van der Waals surface area (Å²) >= 11 is 0. The maximum Gasteiger partial charge on any atom is 0.233 e. The van der Waals surface area contributed by atoms with E-state index in [-0.39, 0.29) is 48.6 Å². The van der Waals surface area contributed by atoms with Crippen molar-refractivity contribution in [3.8, 4) is 0 Å². The molecule has 0 radical (unpaired) electrons. The predicted molar refractivity (Wildman–Crippen MR) is 108 cm³/mol. The maximum atomic E-state index is 12.7. The molecule has 3 aliphatic rings. The molecule has 2 aliphatic carbocycles. The number of halogens is 2. The summed E-state index contributed by atoms with van der Waals surface area (Å²) in [6.45, 7) is 2.21. The molecule has 8 heteroatoms. The van der Waals surface area contributed by atoms with Crippen molar-refractivity contribution >= 4 is 36.6 Å². The Bertz CT molecular complexity index is 458. The summed E-state index contributed by atoms with van der Waals surface area (Å²) in [5.74, 6) is 1.54. The molecule has 6 nitrogen and oxygen atoms in total. The van der Waals surface area contributed by atoms with Gasteiger partial charge >= 0.3 is 0 Å². The van der Waals surface area contributed by atoms with Crippen LogP contribution in [0.1, 0.15) is 44.9 Å². The van der Waals surface area contributed by atoms with Crippen molar-refractivity contribution in [1.29, 1.82) is 0 Å². The van der Waals surface area contributed by atoms with E-state index in [4.69, 9.17) is 5.73 Å². The Morgan fingerprint density at radius 2 is 1.62 bits per heavy atom. The van der Waals surface area contributed by atoms with Gasteiger partial charge in [-0.3, -0.25) is 14.5 Å². The summed E-state index contributed by atoms with van der Waals surface area (Å²) in [5.41, 5.74) is 6.33. The van der Waals surface area contributed by atoms with Crippen LogP contribution in [-0.2, 0) is 9.59 Å². The van der Waals surface area contributed by atoms with Gasteiger partial charge in [-0.15, -0.1) is 24.8 Å². The Morgan fingerprint density at radius 1 is 1.04 bits per heavy atom. The lowest BCUT2D eigenvalue weighted by Gasteiger charge is -2.44. The van der Waals surface area contributed by atoms with E-state index in [1.165, 1.54) is 19.3 Å². The molecule has 2 unspecified atom stereocenters. The van der Waals surface area contributed by atoms with Crippen LogP contribution in [0, 0.1) is 17.8 Å². The summed E-state index contributed by atoms with van der Waals surface area (Å²) < 4.78 is 0. The second-order valence-corrected chi connectivity index (χ2v) is 7.93. The van der Waals surface area contributed by atoms with E-state index in [2.05, 4.69) is 15.5 Å². The largest absolute Gasteiger partial charge is 0.358 e. The second-order valence-electron chi connectivity index (χ2n) is 7.93. The molecule has 0 aromatic rings. The van der Waals surface area contributed by atoms with Gasteiger partial charge in [-0.05, 0) is 50.4 Å². The highest BCUT2D eigenvalue weighted by molar-refractivity contribution is 5.85. The Morgan fingerprint density at radius 3 is 2.15 bits per heavy atom. The van der Waals surface area contributed by atoms with E-state index in [1.54, 1.807) is 7.05 Å². The van der Waals surface area contributed by atoms with Crippen LogP contribution in [0.4, 0.5) is 0 Å². The number of rotatable bonds is 4. The highest BCUT2D eigenvalue weighted by atomic mass is 35.5. The summed E-state index contributed by atoms with van der Waals surface area (Å²) in [6.07, 6.45) is 7.47. The normalized spacial score (nSPS) is 31.9. The molecule has 2 saturated carbocycles. The van der Waals surface area contributed by atoms with Gasteiger partial charge < -0.3 is 16.4 Å². The van der Waals surface area contributed by atoms with Crippen LogP contribution in [0.5, 0.6) is 0 Å². The number of hydrogen-bond acceptors (Lipinski definition) is 4. The number of piperidine rings is 1. The van der Waals surface area contributed by atoms with E-state index in [0.717, 1.165) is 38.8 Å². The lowest BCUT2D eigenvalue weighted by Crippen LogP contribution is -2.52. The zero-order chi connectivity index (χ0) is 17.1. The number of carbonyl (C=O) groups is 2. The lowest BCUT2D eigenvalue weighted by molar-refractivity contribution is -0.129. The Labute approximate surface area is 169 Å². The molecule has 2 amide bonds. The van der Waals surface area contributed by atoms with Gasteiger partial charge in [-0.2, -0.15) is 0 Å². The third kappa shape index (κ3) is 5.72. The zero-order valence-corrected chi connectivity index (χ0v) is 17.2. The fourth-order valence-electron chi connectivity index (χ4n) is 4.84. The summed E-state index contributed by atoms with van der Waals surface area (Å²) in [7, 11) is 1.67. The van der Waals surface area contributed by atoms with Crippen molar-refractivity contribution in [3.05, 3.63) is 0 Å². The number of amides is 2. The first-order valence-corrected chi connectivity index (χ1v) is 9.55. The highest BCUT2D eigenvalue weighted by Crippen LogP contribution is 2.41. The van der Waals surface area contributed by atoms with Gasteiger partial charge in [-0.25, -0.2) is 0 Å². The third-order valence-electron chi connectivity index (χ3n) is 6.36. The molecule has 4 N–H and O–H groups in total. The van der Waals surface area contributed by atoms with E-state index in [1.807, 2.05) is 0 Å².